The van der Waals surface area contributed by atoms with Crippen molar-refractivity contribution in [1.82, 2.24) is 4.90 Å². The molecule has 104 valence electrons. The first-order valence-electron chi connectivity index (χ1n) is 5.98. The fourth-order valence-corrected chi connectivity index (χ4v) is 2.81. The second-order valence-corrected chi connectivity index (χ2v) is 5.54. The van der Waals surface area contributed by atoms with Crippen LogP contribution in [0.3, 0.4) is 0 Å². The molecule has 0 amide bonds. The van der Waals surface area contributed by atoms with Gasteiger partial charge in [0.25, 0.3) is 0 Å². The topological polar surface area (TPSA) is 70.0 Å². The highest BCUT2D eigenvalue weighted by Crippen LogP contribution is 2.27. The predicted octanol–water partition coefficient (Wildman–Crippen LogP) is 1.48. The number of carbonyl (C=O) groups is 1. The summed E-state index contributed by atoms with van der Waals surface area (Å²) in [6, 6.07) is 4.97. The molecule has 0 spiro atoms. The molecule has 1 fully saturated rings. The van der Waals surface area contributed by atoms with Crippen molar-refractivity contribution in [2.24, 2.45) is 0 Å². The fourth-order valence-electron chi connectivity index (χ4n) is 2.40. The lowest BCUT2D eigenvalue weighted by molar-refractivity contribution is -0.142. The molecule has 1 saturated heterocycles. The summed E-state index contributed by atoms with van der Waals surface area (Å²) >= 11 is 3.39. The van der Waals surface area contributed by atoms with Gasteiger partial charge in [0.2, 0.25) is 0 Å². The quantitative estimate of drug-likeness (QED) is 0.875. The van der Waals surface area contributed by atoms with E-state index in [1.807, 2.05) is 18.2 Å². The summed E-state index contributed by atoms with van der Waals surface area (Å²) in [6.07, 6.45) is -0.315. The SMILES string of the molecule is COc1ccc(Br)cc1CN1CC(O)CC1C(=O)O. The van der Waals surface area contributed by atoms with E-state index >= 15 is 0 Å². The Bertz CT molecular complexity index is 480. The number of carboxylic acids is 1. The van der Waals surface area contributed by atoms with E-state index in [-0.39, 0.29) is 6.42 Å². The van der Waals surface area contributed by atoms with Gasteiger partial charge in [0, 0.05) is 29.5 Å². The van der Waals surface area contributed by atoms with Crippen LogP contribution >= 0.6 is 15.9 Å². The third-order valence-electron chi connectivity index (χ3n) is 3.28. The van der Waals surface area contributed by atoms with Crippen LogP contribution in [0, 0.1) is 0 Å². The minimum Gasteiger partial charge on any atom is -0.496 e. The molecular weight excluding hydrogens is 314 g/mol. The first-order chi connectivity index (χ1) is 9.01. The van der Waals surface area contributed by atoms with Gasteiger partial charge < -0.3 is 14.9 Å². The minimum absolute atomic E-state index is 0.269. The standard InChI is InChI=1S/C13H16BrNO4/c1-19-12-3-2-9(14)4-8(12)6-15-7-10(16)5-11(15)13(17)18/h2-4,10-11,16H,5-7H2,1H3,(H,17,18). The van der Waals surface area contributed by atoms with Crippen molar-refractivity contribution in [3.8, 4) is 5.75 Å². The summed E-state index contributed by atoms with van der Waals surface area (Å²) in [7, 11) is 1.58. The van der Waals surface area contributed by atoms with E-state index in [0.717, 1.165) is 10.0 Å². The van der Waals surface area contributed by atoms with Crippen molar-refractivity contribution in [1.29, 1.82) is 0 Å². The van der Waals surface area contributed by atoms with Gasteiger partial charge in [-0.25, -0.2) is 0 Å². The van der Waals surface area contributed by atoms with Crippen LogP contribution in [0.15, 0.2) is 22.7 Å². The van der Waals surface area contributed by atoms with Gasteiger partial charge in [-0.1, -0.05) is 15.9 Å². The Morgan fingerprint density at radius 3 is 2.95 bits per heavy atom. The molecule has 0 aliphatic carbocycles. The summed E-state index contributed by atoms with van der Waals surface area (Å²) < 4.78 is 6.19. The molecule has 2 unspecified atom stereocenters. The van der Waals surface area contributed by atoms with Crippen molar-refractivity contribution >= 4 is 21.9 Å². The van der Waals surface area contributed by atoms with Gasteiger partial charge in [-0.3, -0.25) is 9.69 Å². The molecule has 0 saturated carbocycles. The highest BCUT2D eigenvalue weighted by atomic mass is 79.9. The Kier molecular flexibility index (Phi) is 4.44. The average Bonchev–Trinajstić information content (AvgIpc) is 2.71. The van der Waals surface area contributed by atoms with Crippen LogP contribution in [-0.4, -0.2) is 46.9 Å². The second kappa shape index (κ2) is 5.90. The maximum atomic E-state index is 11.2. The Hall–Kier alpha value is -1.11. The lowest BCUT2D eigenvalue weighted by atomic mass is 10.1. The van der Waals surface area contributed by atoms with Gasteiger partial charge in [0.15, 0.2) is 0 Å². The number of likely N-dealkylation sites (tertiary alicyclic amines) is 1. The van der Waals surface area contributed by atoms with Crippen molar-refractivity contribution < 1.29 is 19.7 Å². The molecule has 6 heteroatoms. The number of aliphatic hydroxyl groups excluding tert-OH is 1. The summed E-state index contributed by atoms with van der Waals surface area (Å²) in [5.41, 5.74) is 0.900. The van der Waals surface area contributed by atoms with E-state index in [1.54, 1.807) is 12.0 Å². The number of methoxy groups -OCH3 is 1. The lowest BCUT2D eigenvalue weighted by Crippen LogP contribution is -2.35. The Labute approximate surface area is 119 Å². The summed E-state index contributed by atoms with van der Waals surface area (Å²) in [5, 5.41) is 18.8. The summed E-state index contributed by atoms with van der Waals surface area (Å²) in [6.45, 7) is 0.809. The number of β-amino-alcohol motifs (C(OH)–C–C–N with tert-alkyl or cyclic N) is 1. The first-order valence-corrected chi connectivity index (χ1v) is 6.78. The van der Waals surface area contributed by atoms with E-state index in [0.29, 0.717) is 18.8 Å². The van der Waals surface area contributed by atoms with Crippen LogP contribution < -0.4 is 4.74 Å². The minimum atomic E-state index is -0.898. The number of aliphatic carboxylic acids is 1. The molecule has 1 heterocycles. The largest absolute Gasteiger partial charge is 0.496 e. The fraction of sp³-hybridized carbons (Fsp3) is 0.462. The number of halogens is 1. The molecule has 1 aromatic rings. The van der Waals surface area contributed by atoms with Gasteiger partial charge in [-0.2, -0.15) is 0 Å². The molecule has 0 radical (unpaired) electrons. The lowest BCUT2D eigenvalue weighted by Gasteiger charge is -2.22. The first kappa shape index (κ1) is 14.3. The van der Waals surface area contributed by atoms with Crippen LogP contribution in [-0.2, 0) is 11.3 Å². The van der Waals surface area contributed by atoms with Gasteiger partial charge in [-0.05, 0) is 18.2 Å². The number of carboxylic acid groups (broad SMARTS) is 1. The zero-order valence-electron chi connectivity index (χ0n) is 10.5. The van der Waals surface area contributed by atoms with E-state index in [2.05, 4.69) is 15.9 Å². The van der Waals surface area contributed by atoms with E-state index in [1.165, 1.54) is 0 Å². The maximum absolute atomic E-state index is 11.2. The van der Waals surface area contributed by atoms with E-state index in [9.17, 15) is 9.90 Å². The van der Waals surface area contributed by atoms with Gasteiger partial charge >= 0.3 is 5.97 Å². The van der Waals surface area contributed by atoms with Crippen LogP contribution in [0.1, 0.15) is 12.0 Å². The van der Waals surface area contributed by atoms with Gasteiger partial charge in [-0.15, -0.1) is 0 Å². The number of nitrogens with zero attached hydrogens (tertiary/aromatic N) is 1. The number of aliphatic hydroxyl groups is 1. The average molecular weight is 330 g/mol. The number of rotatable bonds is 4. The van der Waals surface area contributed by atoms with Crippen LogP contribution in [0.5, 0.6) is 5.75 Å². The number of hydrogen-bond donors (Lipinski definition) is 2. The van der Waals surface area contributed by atoms with Crippen molar-refractivity contribution in [2.45, 2.75) is 25.1 Å². The van der Waals surface area contributed by atoms with Gasteiger partial charge in [0.05, 0.1) is 13.2 Å². The Balaban J connectivity index is 2.20. The Morgan fingerprint density at radius 2 is 2.32 bits per heavy atom. The molecule has 0 bridgehead atoms. The molecule has 1 aliphatic rings. The molecular formula is C13H16BrNO4. The molecule has 2 atom stereocenters. The molecule has 0 aromatic heterocycles. The third-order valence-corrected chi connectivity index (χ3v) is 3.78. The monoisotopic (exact) mass is 329 g/mol. The number of benzene rings is 1. The summed E-state index contributed by atoms with van der Waals surface area (Å²) in [5.74, 6) is -0.181. The van der Waals surface area contributed by atoms with Crippen LogP contribution in [0.25, 0.3) is 0 Å². The molecule has 1 aromatic carbocycles. The van der Waals surface area contributed by atoms with Gasteiger partial charge in [0.1, 0.15) is 11.8 Å². The van der Waals surface area contributed by atoms with Crippen molar-refractivity contribution in [3.63, 3.8) is 0 Å². The zero-order valence-corrected chi connectivity index (χ0v) is 12.1. The molecule has 2 rings (SSSR count). The zero-order chi connectivity index (χ0) is 14.0. The predicted molar refractivity (Wildman–Crippen MR) is 73.2 cm³/mol. The molecule has 5 nitrogen and oxygen atoms in total. The van der Waals surface area contributed by atoms with Crippen molar-refractivity contribution in [2.75, 3.05) is 13.7 Å². The molecule has 2 N–H and O–H groups in total. The normalized spacial score (nSPS) is 23.5. The molecule has 19 heavy (non-hydrogen) atoms. The highest BCUT2D eigenvalue weighted by molar-refractivity contribution is 9.10. The summed E-state index contributed by atoms with van der Waals surface area (Å²) in [4.78, 5) is 12.9. The Morgan fingerprint density at radius 1 is 1.58 bits per heavy atom. The van der Waals surface area contributed by atoms with Crippen LogP contribution in [0.2, 0.25) is 0 Å². The third kappa shape index (κ3) is 3.26. The van der Waals surface area contributed by atoms with Crippen molar-refractivity contribution in [3.05, 3.63) is 28.2 Å². The second-order valence-electron chi connectivity index (χ2n) is 4.63. The van der Waals surface area contributed by atoms with E-state index < -0.39 is 18.1 Å². The van der Waals surface area contributed by atoms with E-state index in [4.69, 9.17) is 9.84 Å². The highest BCUT2D eigenvalue weighted by Gasteiger charge is 2.36. The maximum Gasteiger partial charge on any atom is 0.321 e. The number of ether oxygens (including phenoxy) is 1. The number of hydrogen-bond acceptors (Lipinski definition) is 4. The molecule has 1 aliphatic heterocycles. The smallest absolute Gasteiger partial charge is 0.321 e. The van der Waals surface area contributed by atoms with Crippen LogP contribution in [0.4, 0.5) is 0 Å².